The van der Waals surface area contributed by atoms with Gasteiger partial charge in [-0.25, -0.2) is 4.70 Å². The number of allylic oxidation sites excluding steroid dienone is 2. The molecule has 3 rings (SSSR count). The summed E-state index contributed by atoms with van der Waals surface area (Å²) in [6.45, 7) is 18.6. The Hall–Kier alpha value is -1.99. The maximum absolute atomic E-state index is 12.9. The molecule has 0 amide bonds. The topological polar surface area (TPSA) is 25.3 Å². The maximum atomic E-state index is 12.9. The molecule has 326 valence electrons. The summed E-state index contributed by atoms with van der Waals surface area (Å²) in [5.74, 6) is 4.12. The van der Waals surface area contributed by atoms with E-state index in [1.807, 2.05) is 0 Å². The molecule has 2 aromatic carbocycles. The van der Waals surface area contributed by atoms with E-state index in [9.17, 15) is 5.53 Å². The molecule has 2 nitrogen and oxygen atoms in total. The summed E-state index contributed by atoms with van der Waals surface area (Å²) >= 11 is 1.62. The Kier molecular flexibility index (Phi) is 27.8. The molecule has 3 heteroatoms. The third-order valence-electron chi connectivity index (χ3n) is 12.1. The predicted octanol–water partition coefficient (Wildman–Crippen LogP) is 18.0. The summed E-state index contributed by atoms with van der Waals surface area (Å²) in [4.78, 5) is 0. The molecule has 0 aliphatic carbocycles. The van der Waals surface area contributed by atoms with Gasteiger partial charge in [-0.2, -0.15) is 0 Å². The van der Waals surface area contributed by atoms with E-state index in [4.69, 9.17) is 0 Å². The molecule has 0 saturated carbocycles. The summed E-state index contributed by atoms with van der Waals surface area (Å²) in [5, 5.41) is 0. The van der Waals surface area contributed by atoms with Gasteiger partial charge in [-0.1, -0.05) is 132 Å². The van der Waals surface area contributed by atoms with Crippen LogP contribution in [0.1, 0.15) is 241 Å². The molecule has 0 aromatic heterocycles. The second-order valence-corrected chi connectivity index (χ2v) is 18.1. The van der Waals surface area contributed by atoms with Crippen molar-refractivity contribution in [3.63, 3.8) is 0 Å². The van der Waals surface area contributed by atoms with E-state index in [2.05, 4.69) is 91.4 Å². The molecule has 0 N–H and O–H groups in total. The normalized spacial score (nSPS) is 13.0. The van der Waals surface area contributed by atoms with Gasteiger partial charge < -0.3 is 5.53 Å². The quantitative estimate of drug-likeness (QED) is 0.0426. The first-order valence-corrected chi connectivity index (χ1v) is 26.3. The van der Waals surface area contributed by atoms with Gasteiger partial charge in [0.05, 0.1) is 0 Å². The van der Waals surface area contributed by atoms with Crippen LogP contribution in [0.4, 0.5) is 0 Å². The van der Waals surface area contributed by atoms with Crippen LogP contribution in [-0.4, -0.2) is 4.70 Å². The molecular formula is C54H90N2Ni. The molecule has 0 saturated heterocycles. The molecule has 0 atom stereocenters. The first kappa shape index (κ1) is 51.2. The molecule has 0 bridgehead atoms. The third kappa shape index (κ3) is 16.5. The van der Waals surface area contributed by atoms with Crippen molar-refractivity contribution >= 4 is 11.4 Å². The first-order chi connectivity index (χ1) is 27.8. The minimum atomic E-state index is 1.03. The SMILES string of the molecule is CCCCCCCCC1=C(c2cc(CCCC)c(CCCC)c(CCCC)c2)[N+](=[N-])C(c2cc(CCCC)c(CCCC)c(CCCC)c2)=C1CCCC.[CH3][Ni][CH3]. The van der Waals surface area contributed by atoms with Crippen molar-refractivity contribution in [3.05, 3.63) is 85.5 Å². The van der Waals surface area contributed by atoms with Crippen LogP contribution in [0.15, 0.2) is 35.4 Å². The Labute approximate surface area is 361 Å². The van der Waals surface area contributed by atoms with Gasteiger partial charge in [-0.15, -0.1) is 0 Å². The van der Waals surface area contributed by atoms with Gasteiger partial charge in [-0.05, 0) is 160 Å². The molecule has 1 aliphatic rings. The zero-order chi connectivity index (χ0) is 41.8. The van der Waals surface area contributed by atoms with Crippen LogP contribution >= 0.6 is 0 Å². The van der Waals surface area contributed by atoms with E-state index in [1.54, 1.807) is 52.5 Å². The fraction of sp³-hybridized carbons (Fsp3) is 0.704. The molecule has 0 unspecified atom stereocenters. The summed E-state index contributed by atoms with van der Waals surface area (Å²) < 4.78 is 1.72. The van der Waals surface area contributed by atoms with Crippen molar-refractivity contribution in [2.45, 2.75) is 247 Å². The van der Waals surface area contributed by atoms with E-state index >= 15 is 0 Å². The Morgan fingerprint density at radius 2 is 0.632 bits per heavy atom. The number of hydrogen-bond donors (Lipinski definition) is 0. The summed E-state index contributed by atoms with van der Waals surface area (Å²) in [6.07, 6.45) is 33.7. The van der Waals surface area contributed by atoms with Gasteiger partial charge in [0, 0.05) is 22.3 Å². The Bertz CT molecular complexity index is 1440. The van der Waals surface area contributed by atoms with Crippen LogP contribution in [0.5, 0.6) is 0 Å². The third-order valence-corrected chi connectivity index (χ3v) is 12.1. The van der Waals surface area contributed by atoms with Gasteiger partial charge in [-0.3, -0.25) is 0 Å². The fourth-order valence-corrected chi connectivity index (χ4v) is 8.80. The van der Waals surface area contributed by atoms with Gasteiger partial charge in [0.25, 0.3) is 0 Å². The molecule has 1 aliphatic heterocycles. The van der Waals surface area contributed by atoms with Crippen molar-refractivity contribution < 1.29 is 19.1 Å². The predicted molar refractivity (Wildman–Crippen MR) is 251 cm³/mol. The van der Waals surface area contributed by atoms with Crippen molar-refractivity contribution in [3.8, 4) is 0 Å². The number of hydrogen-bond acceptors (Lipinski definition) is 0. The van der Waals surface area contributed by atoms with Crippen LogP contribution in [0.2, 0.25) is 11.8 Å². The van der Waals surface area contributed by atoms with E-state index in [1.165, 1.54) is 151 Å². The Morgan fingerprint density at radius 1 is 0.368 bits per heavy atom. The summed E-state index contributed by atoms with van der Waals surface area (Å²) in [6, 6.07) is 10.1. The second kappa shape index (κ2) is 31.0. The van der Waals surface area contributed by atoms with E-state index < -0.39 is 0 Å². The van der Waals surface area contributed by atoms with E-state index in [-0.39, 0.29) is 0 Å². The Morgan fingerprint density at radius 3 is 0.965 bits per heavy atom. The molecule has 1 heterocycles. The molecule has 2 aromatic rings. The van der Waals surface area contributed by atoms with Crippen molar-refractivity contribution in [2.24, 2.45) is 0 Å². The number of rotatable bonds is 30. The van der Waals surface area contributed by atoms with Crippen LogP contribution in [0.25, 0.3) is 16.9 Å². The average molecular weight is 826 g/mol. The molecule has 0 fully saturated rings. The fourth-order valence-electron chi connectivity index (χ4n) is 8.80. The van der Waals surface area contributed by atoms with Crippen LogP contribution in [0.3, 0.4) is 0 Å². The van der Waals surface area contributed by atoms with Crippen LogP contribution in [0, 0.1) is 0 Å². The van der Waals surface area contributed by atoms with Crippen LogP contribution in [-0.2, 0) is 53.0 Å². The van der Waals surface area contributed by atoms with Crippen molar-refractivity contribution in [1.82, 2.24) is 0 Å². The molecule has 57 heavy (non-hydrogen) atoms. The molecule has 0 radical (unpaired) electrons. The molecular weight excluding hydrogens is 735 g/mol. The number of aryl methyl sites for hydroxylation is 4. The second-order valence-electron chi connectivity index (χ2n) is 17.1. The van der Waals surface area contributed by atoms with E-state index in [0.29, 0.717) is 0 Å². The van der Waals surface area contributed by atoms with Gasteiger partial charge >= 0.3 is 26.2 Å². The standard InChI is InChI=1S/C52H84N2.2CH3.Ni/c1-9-17-25-26-27-28-36-50-49(35-24-16-8)51(45-37-41(29-18-10-2)47(33-22-14-6)42(38-45)30-19-11-3)54(53)52(50)46-39-43(31-20-12-4)48(34-23-15-7)44(40-46)32-21-13-5;;;/h37-40H,9-36H2,1-8H3;2*1H3;. The first-order valence-electron chi connectivity index (χ1n) is 24.3. The monoisotopic (exact) mass is 825 g/mol. The Balaban J connectivity index is 0.00000362. The van der Waals surface area contributed by atoms with Gasteiger partial charge in [0.1, 0.15) is 0 Å². The van der Waals surface area contributed by atoms with Crippen molar-refractivity contribution in [2.75, 3.05) is 0 Å². The average Bonchev–Trinajstić information content (AvgIpc) is 3.49. The number of unbranched alkanes of at least 4 members (excludes halogenated alkanes) is 12. The summed E-state index contributed by atoms with van der Waals surface area (Å²) in [5.41, 5.74) is 29.8. The van der Waals surface area contributed by atoms with Crippen molar-refractivity contribution in [1.29, 1.82) is 0 Å². The molecule has 0 spiro atoms. The van der Waals surface area contributed by atoms with E-state index in [0.717, 1.165) is 62.8 Å². The zero-order valence-corrected chi connectivity index (χ0v) is 40.3. The minimum absolute atomic E-state index is 1.03. The number of nitrogens with zero attached hydrogens (tertiary/aromatic N) is 2. The van der Waals surface area contributed by atoms with Gasteiger partial charge in [0.15, 0.2) is 0 Å². The van der Waals surface area contributed by atoms with Crippen LogP contribution < -0.4 is 0 Å². The zero-order valence-electron chi connectivity index (χ0n) is 39.3. The van der Waals surface area contributed by atoms with Gasteiger partial charge in [0.2, 0.25) is 11.4 Å². The summed E-state index contributed by atoms with van der Waals surface area (Å²) in [7, 11) is 0. The number of benzene rings is 2.